The van der Waals surface area contributed by atoms with Gasteiger partial charge in [-0.2, -0.15) is 8.78 Å². The fraction of sp³-hybridized carbons (Fsp3) is 0.182. The molecule has 40 heavy (non-hydrogen) atoms. The first-order valence-electron chi connectivity index (χ1n) is 12.7. The van der Waals surface area contributed by atoms with Crippen molar-refractivity contribution in [3.8, 4) is 11.5 Å². The molecule has 0 bridgehead atoms. The number of phenolic OH excluding ortho intramolecular Hbond substituents is 1. The molecule has 1 N–H and O–H groups in total. The van der Waals surface area contributed by atoms with Crippen LogP contribution >= 0.6 is 0 Å². The number of rotatable bonds is 9. The van der Waals surface area contributed by atoms with Crippen LogP contribution in [0.3, 0.4) is 0 Å². The average molecular weight is 548 g/mol. The predicted octanol–water partition coefficient (Wildman–Crippen LogP) is 8.74. The normalized spacial score (nSPS) is 12.5. The summed E-state index contributed by atoms with van der Waals surface area (Å²) in [7, 11) is 0. The van der Waals surface area contributed by atoms with Crippen molar-refractivity contribution in [2.75, 3.05) is 6.61 Å². The molecule has 4 aromatic carbocycles. The molecule has 0 saturated carbocycles. The summed E-state index contributed by atoms with van der Waals surface area (Å²) in [5.74, 6) is -8.48. The van der Waals surface area contributed by atoms with Gasteiger partial charge in [-0.3, -0.25) is 0 Å². The van der Waals surface area contributed by atoms with E-state index in [0.29, 0.717) is 5.56 Å². The Morgan fingerprint density at radius 2 is 1.45 bits per heavy atom. The van der Waals surface area contributed by atoms with Gasteiger partial charge in [-0.25, -0.2) is 13.8 Å². The molecule has 0 fully saturated rings. The molecule has 0 aliphatic rings. The van der Waals surface area contributed by atoms with Gasteiger partial charge in [0.25, 0.3) is 0 Å². The maximum Gasteiger partial charge on any atom is 0.206 e. The summed E-state index contributed by atoms with van der Waals surface area (Å²) in [6, 6.07) is 22.8. The van der Waals surface area contributed by atoms with E-state index in [-0.39, 0.29) is 23.8 Å². The first kappa shape index (κ1) is 28.6. The molecule has 0 heterocycles. The summed E-state index contributed by atoms with van der Waals surface area (Å²) in [6.07, 6.45) is 2.19. The maximum atomic E-state index is 14.8. The van der Waals surface area contributed by atoms with Crippen LogP contribution in [0.25, 0.3) is 0 Å². The maximum absolute atomic E-state index is 14.8. The zero-order valence-electron chi connectivity index (χ0n) is 22.4. The van der Waals surface area contributed by atoms with E-state index in [1.807, 2.05) is 87.5 Å². The van der Waals surface area contributed by atoms with Crippen molar-refractivity contribution >= 4 is 11.9 Å². The molecular weight excluding hydrogens is 518 g/mol. The highest BCUT2D eigenvalue weighted by atomic mass is 19.2. The minimum Gasteiger partial charge on any atom is -0.507 e. The lowest BCUT2D eigenvalue weighted by Crippen LogP contribution is -2.20. The number of hydrogen-bond donors (Lipinski definition) is 1. The lowest BCUT2D eigenvalue weighted by Gasteiger charge is -2.28. The van der Waals surface area contributed by atoms with Crippen molar-refractivity contribution < 1.29 is 27.4 Å². The van der Waals surface area contributed by atoms with Crippen LogP contribution < -0.4 is 4.74 Å². The Morgan fingerprint density at radius 3 is 2.02 bits per heavy atom. The highest BCUT2D eigenvalue weighted by Crippen LogP contribution is 2.40. The van der Waals surface area contributed by atoms with Crippen molar-refractivity contribution in [3.63, 3.8) is 0 Å². The van der Waals surface area contributed by atoms with E-state index in [1.165, 1.54) is 6.08 Å². The van der Waals surface area contributed by atoms with Crippen LogP contribution in [0.5, 0.6) is 11.5 Å². The largest absolute Gasteiger partial charge is 0.507 e. The second kappa shape index (κ2) is 11.8. The summed E-state index contributed by atoms with van der Waals surface area (Å²) >= 11 is 0. The third-order valence-electron chi connectivity index (χ3n) is 7.03. The molecule has 0 aromatic heterocycles. The average Bonchev–Trinajstić information content (AvgIpc) is 2.97. The smallest absolute Gasteiger partial charge is 0.206 e. The van der Waals surface area contributed by atoms with Gasteiger partial charge < -0.3 is 9.84 Å². The van der Waals surface area contributed by atoms with Gasteiger partial charge in [0.05, 0.1) is 0 Å². The summed E-state index contributed by atoms with van der Waals surface area (Å²) in [5.41, 5.74) is 1.70. The van der Waals surface area contributed by atoms with Crippen LogP contribution in [0.1, 0.15) is 54.5 Å². The molecule has 0 saturated heterocycles. The molecule has 0 spiro atoms. The van der Waals surface area contributed by atoms with Crippen molar-refractivity contribution in [1.29, 1.82) is 0 Å². The molecule has 0 aliphatic heterocycles. The lowest BCUT2D eigenvalue weighted by molar-refractivity contribution is 0.303. The van der Waals surface area contributed by atoms with E-state index in [2.05, 4.69) is 11.6 Å². The third kappa shape index (κ3) is 5.50. The van der Waals surface area contributed by atoms with Crippen LogP contribution in [0.2, 0.25) is 0 Å². The van der Waals surface area contributed by atoms with E-state index >= 15 is 0 Å². The molecule has 1 atom stereocenters. The van der Waals surface area contributed by atoms with Gasteiger partial charge in [0.1, 0.15) is 18.0 Å². The quantitative estimate of drug-likeness (QED) is 0.0985. The number of nitrogens with zero attached hydrogens (tertiary/aromatic N) is 1. The first-order chi connectivity index (χ1) is 19.1. The Hall–Kier alpha value is -4.39. The highest BCUT2D eigenvalue weighted by molar-refractivity contribution is 5.87. The number of phenols is 1. The topological polar surface area (TPSA) is 41.8 Å². The second-order valence-corrected chi connectivity index (χ2v) is 9.92. The lowest BCUT2D eigenvalue weighted by atomic mass is 9.76. The molecule has 0 amide bonds. The zero-order chi connectivity index (χ0) is 29.0. The Balaban J connectivity index is 1.88. The molecule has 0 aliphatic carbocycles. The number of halogens is 4. The summed E-state index contributed by atoms with van der Waals surface area (Å²) in [6.45, 7) is 8.95. The fourth-order valence-electron chi connectivity index (χ4n) is 4.53. The van der Waals surface area contributed by atoms with Crippen molar-refractivity contribution in [2.24, 2.45) is 4.99 Å². The minimum atomic E-state index is -1.72. The Labute approximate surface area is 231 Å². The number of benzene rings is 4. The molecule has 7 heteroatoms. The molecule has 4 aromatic rings. The van der Waals surface area contributed by atoms with Gasteiger partial charge in [-0.05, 0) is 22.8 Å². The Kier molecular flexibility index (Phi) is 8.43. The molecule has 206 valence electrons. The SMILES string of the molecule is C=CCOc1c(F)c(F)c(N=Cc2cc(C(C)(C)c3ccccc3)cc(C(C)c3ccccc3)c2O)c(F)c1F. The first-order valence-corrected chi connectivity index (χ1v) is 12.7. The number of ether oxygens (including phenoxy) is 1. The number of hydrogen-bond acceptors (Lipinski definition) is 3. The van der Waals surface area contributed by atoms with Crippen molar-refractivity contribution in [3.05, 3.63) is 137 Å². The van der Waals surface area contributed by atoms with Gasteiger partial charge in [0, 0.05) is 28.7 Å². The van der Waals surface area contributed by atoms with Crippen LogP contribution in [0.15, 0.2) is 90.4 Å². The fourth-order valence-corrected chi connectivity index (χ4v) is 4.53. The Bertz CT molecular complexity index is 1520. The van der Waals surface area contributed by atoms with E-state index in [1.54, 1.807) is 6.07 Å². The van der Waals surface area contributed by atoms with Crippen LogP contribution in [0.4, 0.5) is 23.2 Å². The monoisotopic (exact) mass is 547 g/mol. The number of aromatic hydroxyl groups is 1. The Morgan fingerprint density at radius 1 is 0.875 bits per heavy atom. The van der Waals surface area contributed by atoms with E-state index < -0.39 is 40.1 Å². The molecule has 3 nitrogen and oxygen atoms in total. The van der Waals surface area contributed by atoms with Gasteiger partial charge >= 0.3 is 0 Å². The van der Waals surface area contributed by atoms with Crippen molar-refractivity contribution in [1.82, 2.24) is 0 Å². The number of aliphatic imine (C=N–C) groups is 1. The van der Waals surface area contributed by atoms with Crippen molar-refractivity contribution in [2.45, 2.75) is 32.1 Å². The summed E-state index contributed by atoms with van der Waals surface area (Å²) < 4.78 is 63.4. The molecule has 0 radical (unpaired) electrons. The van der Waals surface area contributed by atoms with E-state index in [0.717, 1.165) is 22.9 Å². The van der Waals surface area contributed by atoms with Gasteiger partial charge in [0.2, 0.25) is 11.6 Å². The predicted molar refractivity (Wildman–Crippen MR) is 150 cm³/mol. The molecule has 1 unspecified atom stereocenters. The molecule has 4 rings (SSSR count). The van der Waals surface area contributed by atoms with Gasteiger partial charge in [0.15, 0.2) is 17.4 Å². The third-order valence-corrected chi connectivity index (χ3v) is 7.03. The van der Waals surface area contributed by atoms with E-state index in [9.17, 15) is 22.7 Å². The van der Waals surface area contributed by atoms with Gasteiger partial charge in [-0.15, -0.1) is 0 Å². The summed E-state index contributed by atoms with van der Waals surface area (Å²) in [5, 5.41) is 11.3. The second-order valence-electron chi connectivity index (χ2n) is 9.92. The molecular formula is C33H29F4NO2. The van der Waals surface area contributed by atoms with Crippen LogP contribution in [0, 0.1) is 23.3 Å². The zero-order valence-corrected chi connectivity index (χ0v) is 22.4. The van der Waals surface area contributed by atoms with E-state index in [4.69, 9.17) is 4.74 Å². The minimum absolute atomic E-state index is 0.130. The summed E-state index contributed by atoms with van der Waals surface area (Å²) in [4.78, 5) is 3.76. The van der Waals surface area contributed by atoms with Crippen LogP contribution in [-0.2, 0) is 5.41 Å². The van der Waals surface area contributed by atoms with Crippen LogP contribution in [-0.4, -0.2) is 17.9 Å². The highest BCUT2D eigenvalue weighted by Gasteiger charge is 2.28. The van der Waals surface area contributed by atoms with Gasteiger partial charge in [-0.1, -0.05) is 100 Å². The standard InChI is InChI=1S/C33H29F4NO2/c1-5-16-40-32-28(36)26(34)30(27(35)29(32)37)38-19-22-17-24(33(3,4)23-14-10-7-11-15-23)18-25(31(22)39)20(2)21-12-8-6-9-13-21/h5-15,17-20,39H,1,16H2,2-4H3.